The normalized spacial score (nSPS) is 17.1. The molecule has 29 heavy (non-hydrogen) atoms. The van der Waals surface area contributed by atoms with Crippen molar-refractivity contribution in [3.63, 3.8) is 0 Å². The van der Waals surface area contributed by atoms with Gasteiger partial charge in [0.15, 0.2) is 0 Å². The standard InChI is InChI=1S/C25H26N2O2/c1-17-6-5-14-27(15-13-17)25(29)19-8-2-7-18(16-19)20-9-3-11-22-21(20)10-4-12-23(22)24(26)28/h2-4,7-12,16-17H,5-6,13-15H2,1H3,(H2,26,28). The van der Waals surface area contributed by atoms with Crippen LogP contribution in [0.1, 0.15) is 46.9 Å². The van der Waals surface area contributed by atoms with Gasteiger partial charge in [-0.3, -0.25) is 9.59 Å². The first-order valence-corrected chi connectivity index (χ1v) is 10.3. The minimum Gasteiger partial charge on any atom is -0.366 e. The number of amides is 2. The quantitative estimate of drug-likeness (QED) is 0.698. The van der Waals surface area contributed by atoms with E-state index >= 15 is 0 Å². The lowest BCUT2D eigenvalue weighted by Gasteiger charge is -2.21. The number of carbonyl (C=O) groups excluding carboxylic acids is 2. The zero-order valence-electron chi connectivity index (χ0n) is 16.7. The molecule has 0 aromatic heterocycles. The molecule has 1 unspecified atom stereocenters. The highest BCUT2D eigenvalue weighted by Gasteiger charge is 2.20. The van der Waals surface area contributed by atoms with Crippen LogP contribution >= 0.6 is 0 Å². The van der Waals surface area contributed by atoms with Gasteiger partial charge in [-0.1, -0.05) is 49.4 Å². The molecule has 0 bridgehead atoms. The summed E-state index contributed by atoms with van der Waals surface area (Å²) in [6.07, 6.45) is 3.30. The van der Waals surface area contributed by atoms with E-state index in [4.69, 9.17) is 5.73 Å². The van der Waals surface area contributed by atoms with Crippen LogP contribution in [0, 0.1) is 5.92 Å². The number of carbonyl (C=O) groups is 2. The van der Waals surface area contributed by atoms with Crippen LogP contribution in [0.2, 0.25) is 0 Å². The molecule has 3 aromatic rings. The largest absolute Gasteiger partial charge is 0.366 e. The summed E-state index contributed by atoms with van der Waals surface area (Å²) in [5, 5.41) is 1.78. The van der Waals surface area contributed by atoms with Gasteiger partial charge >= 0.3 is 0 Å². The summed E-state index contributed by atoms with van der Waals surface area (Å²) in [6, 6.07) is 19.2. The van der Waals surface area contributed by atoms with Gasteiger partial charge in [-0.25, -0.2) is 0 Å². The van der Waals surface area contributed by atoms with Crippen LogP contribution in [0.4, 0.5) is 0 Å². The van der Waals surface area contributed by atoms with Crippen molar-refractivity contribution in [1.82, 2.24) is 4.90 Å². The first-order valence-electron chi connectivity index (χ1n) is 10.3. The number of fused-ring (bicyclic) bond motifs is 1. The number of hydrogen-bond donors (Lipinski definition) is 1. The van der Waals surface area contributed by atoms with E-state index in [-0.39, 0.29) is 5.91 Å². The SMILES string of the molecule is CC1CCCN(C(=O)c2cccc(-c3cccc4c(C(N)=O)cccc34)c2)CC1. The van der Waals surface area contributed by atoms with E-state index in [0.717, 1.165) is 47.8 Å². The molecule has 148 valence electrons. The number of primary amides is 1. The second-order valence-electron chi connectivity index (χ2n) is 7.98. The van der Waals surface area contributed by atoms with E-state index in [1.54, 1.807) is 6.07 Å². The van der Waals surface area contributed by atoms with Crippen molar-refractivity contribution in [3.8, 4) is 11.1 Å². The molecule has 1 saturated heterocycles. The molecule has 3 aromatic carbocycles. The number of likely N-dealkylation sites (tertiary alicyclic amines) is 1. The van der Waals surface area contributed by atoms with Crippen molar-refractivity contribution in [2.24, 2.45) is 11.7 Å². The van der Waals surface area contributed by atoms with Crippen LogP contribution in [0.5, 0.6) is 0 Å². The Morgan fingerprint density at radius 3 is 2.52 bits per heavy atom. The molecule has 4 nitrogen and oxygen atoms in total. The Bertz CT molecular complexity index is 1070. The summed E-state index contributed by atoms with van der Waals surface area (Å²) >= 11 is 0. The van der Waals surface area contributed by atoms with Crippen LogP contribution in [0.3, 0.4) is 0 Å². The van der Waals surface area contributed by atoms with E-state index < -0.39 is 5.91 Å². The molecule has 1 fully saturated rings. The maximum atomic E-state index is 13.1. The van der Waals surface area contributed by atoms with Crippen LogP contribution in [0.25, 0.3) is 21.9 Å². The number of hydrogen-bond acceptors (Lipinski definition) is 2. The second-order valence-corrected chi connectivity index (χ2v) is 7.98. The van der Waals surface area contributed by atoms with Crippen molar-refractivity contribution < 1.29 is 9.59 Å². The fourth-order valence-electron chi connectivity index (χ4n) is 4.24. The minimum atomic E-state index is -0.438. The second kappa shape index (κ2) is 8.08. The lowest BCUT2D eigenvalue weighted by molar-refractivity contribution is 0.0760. The summed E-state index contributed by atoms with van der Waals surface area (Å²) in [4.78, 5) is 26.9. The zero-order valence-corrected chi connectivity index (χ0v) is 16.7. The Labute approximate surface area is 171 Å². The molecule has 0 saturated carbocycles. The number of benzene rings is 3. The number of nitrogens with two attached hydrogens (primary N) is 1. The third-order valence-corrected chi connectivity index (χ3v) is 5.91. The Hall–Kier alpha value is -3.14. The Kier molecular flexibility index (Phi) is 5.34. The topological polar surface area (TPSA) is 63.4 Å². The molecule has 1 heterocycles. The summed E-state index contributed by atoms with van der Waals surface area (Å²) in [5.74, 6) is 0.334. The third kappa shape index (κ3) is 3.88. The lowest BCUT2D eigenvalue weighted by Crippen LogP contribution is -2.31. The lowest BCUT2D eigenvalue weighted by atomic mass is 9.94. The summed E-state index contributed by atoms with van der Waals surface area (Å²) < 4.78 is 0. The monoisotopic (exact) mass is 386 g/mol. The van der Waals surface area contributed by atoms with Crippen molar-refractivity contribution in [1.29, 1.82) is 0 Å². The minimum absolute atomic E-state index is 0.0963. The molecule has 0 spiro atoms. The van der Waals surface area contributed by atoms with E-state index in [0.29, 0.717) is 17.0 Å². The molecule has 4 rings (SSSR count). The number of nitrogens with zero attached hydrogens (tertiary/aromatic N) is 1. The van der Waals surface area contributed by atoms with E-state index in [1.807, 2.05) is 59.5 Å². The first-order chi connectivity index (χ1) is 14.0. The molecular weight excluding hydrogens is 360 g/mol. The first kappa shape index (κ1) is 19.2. The van der Waals surface area contributed by atoms with E-state index in [9.17, 15) is 9.59 Å². The highest BCUT2D eigenvalue weighted by molar-refractivity contribution is 6.10. The fraction of sp³-hybridized carbons (Fsp3) is 0.280. The van der Waals surface area contributed by atoms with Crippen molar-refractivity contribution >= 4 is 22.6 Å². The van der Waals surface area contributed by atoms with Gasteiger partial charge in [-0.05, 0) is 65.3 Å². The van der Waals surface area contributed by atoms with Gasteiger partial charge in [-0.2, -0.15) is 0 Å². The van der Waals surface area contributed by atoms with Crippen LogP contribution < -0.4 is 5.73 Å². The highest BCUT2D eigenvalue weighted by atomic mass is 16.2. The maximum Gasteiger partial charge on any atom is 0.253 e. The van der Waals surface area contributed by atoms with E-state index in [2.05, 4.69) is 6.92 Å². The molecule has 2 N–H and O–H groups in total. The average molecular weight is 386 g/mol. The van der Waals surface area contributed by atoms with Crippen LogP contribution in [-0.2, 0) is 0 Å². The maximum absolute atomic E-state index is 13.1. The van der Waals surface area contributed by atoms with Gasteiger partial charge in [-0.15, -0.1) is 0 Å². The fourth-order valence-corrected chi connectivity index (χ4v) is 4.24. The molecular formula is C25H26N2O2. The predicted octanol–water partition coefficient (Wildman–Crippen LogP) is 4.87. The predicted molar refractivity (Wildman–Crippen MR) is 117 cm³/mol. The molecule has 0 aliphatic carbocycles. The molecule has 0 radical (unpaired) electrons. The van der Waals surface area contributed by atoms with Gasteiger partial charge in [0.2, 0.25) is 5.91 Å². The molecule has 4 heteroatoms. The van der Waals surface area contributed by atoms with E-state index in [1.165, 1.54) is 6.42 Å². The van der Waals surface area contributed by atoms with Gasteiger partial charge in [0.1, 0.15) is 0 Å². The molecule has 1 atom stereocenters. The van der Waals surface area contributed by atoms with Crippen molar-refractivity contribution in [2.45, 2.75) is 26.2 Å². The third-order valence-electron chi connectivity index (χ3n) is 5.91. The highest BCUT2D eigenvalue weighted by Crippen LogP contribution is 2.31. The zero-order chi connectivity index (χ0) is 20.4. The Morgan fingerprint density at radius 2 is 1.69 bits per heavy atom. The van der Waals surface area contributed by atoms with Crippen LogP contribution in [-0.4, -0.2) is 29.8 Å². The average Bonchev–Trinajstić information content (AvgIpc) is 2.96. The van der Waals surface area contributed by atoms with Crippen LogP contribution in [0.15, 0.2) is 60.7 Å². The van der Waals surface area contributed by atoms with Gasteiger partial charge in [0.05, 0.1) is 0 Å². The van der Waals surface area contributed by atoms with Gasteiger partial charge in [0.25, 0.3) is 5.91 Å². The van der Waals surface area contributed by atoms with Crippen molar-refractivity contribution in [3.05, 3.63) is 71.8 Å². The van der Waals surface area contributed by atoms with Gasteiger partial charge < -0.3 is 10.6 Å². The summed E-state index contributed by atoms with van der Waals surface area (Å²) in [5.41, 5.74) is 8.72. The molecule has 2 amide bonds. The Balaban J connectivity index is 1.72. The summed E-state index contributed by atoms with van der Waals surface area (Å²) in [6.45, 7) is 3.90. The Morgan fingerprint density at radius 1 is 0.931 bits per heavy atom. The van der Waals surface area contributed by atoms with Crippen molar-refractivity contribution in [2.75, 3.05) is 13.1 Å². The number of rotatable bonds is 3. The molecule has 1 aliphatic heterocycles. The van der Waals surface area contributed by atoms with Gasteiger partial charge in [0, 0.05) is 24.2 Å². The smallest absolute Gasteiger partial charge is 0.253 e. The summed E-state index contributed by atoms with van der Waals surface area (Å²) in [7, 11) is 0. The molecule has 1 aliphatic rings.